The second-order valence-electron chi connectivity index (χ2n) is 5.03. The van der Waals surface area contributed by atoms with Crippen molar-refractivity contribution in [1.29, 1.82) is 0 Å². The van der Waals surface area contributed by atoms with E-state index in [0.717, 1.165) is 6.08 Å². The third kappa shape index (κ3) is 3.68. The number of hydrogen-bond acceptors (Lipinski definition) is 4. The Bertz CT molecular complexity index is 627. The predicted octanol–water partition coefficient (Wildman–Crippen LogP) is 3.37. The molecule has 148 valence electrons. The number of alkyl halides is 9. The zero-order valence-corrected chi connectivity index (χ0v) is 13.2. The molecule has 0 aromatic carbocycles. The predicted molar refractivity (Wildman–Crippen MR) is 65.7 cm³/mol. The van der Waals surface area contributed by atoms with Crippen molar-refractivity contribution in [3.05, 3.63) is 11.8 Å². The van der Waals surface area contributed by atoms with E-state index in [4.69, 9.17) is 0 Å². The number of rotatable bonds is 6. The lowest BCUT2D eigenvalue weighted by Crippen LogP contribution is -2.63. The van der Waals surface area contributed by atoms with Gasteiger partial charge in [-0.2, -0.15) is 47.9 Å². The molecule has 1 aliphatic rings. The molecule has 0 aliphatic carbocycles. The first-order valence-electron chi connectivity index (χ1n) is 6.57. The maximum atomic E-state index is 13.5. The Kier molecular flexibility index (Phi) is 5.70. The fourth-order valence-corrected chi connectivity index (χ4v) is 2.76. The standard InChI is InChI=1S/C11H12F9NO3S/c1-2-21-5-3-4-7(6-21)24-25(22,23)11(19,20)9(14,15)8(12,13)10(16,17)18/h4H,2-3,5-6H2,1H3. The summed E-state index contributed by atoms with van der Waals surface area (Å²) in [6, 6.07) is 0. The van der Waals surface area contributed by atoms with Gasteiger partial charge in [0.2, 0.25) is 0 Å². The molecule has 0 saturated carbocycles. The zero-order valence-electron chi connectivity index (χ0n) is 12.4. The van der Waals surface area contributed by atoms with Gasteiger partial charge in [-0.1, -0.05) is 6.92 Å². The summed E-state index contributed by atoms with van der Waals surface area (Å²) in [5.74, 6) is -15.4. The summed E-state index contributed by atoms with van der Waals surface area (Å²) in [6.07, 6.45) is -6.11. The van der Waals surface area contributed by atoms with Crippen molar-refractivity contribution in [2.24, 2.45) is 0 Å². The van der Waals surface area contributed by atoms with Gasteiger partial charge in [-0.3, -0.25) is 4.90 Å². The summed E-state index contributed by atoms with van der Waals surface area (Å²) in [5.41, 5.74) is 0. The summed E-state index contributed by atoms with van der Waals surface area (Å²) >= 11 is 0. The molecule has 0 unspecified atom stereocenters. The molecule has 1 heterocycles. The van der Waals surface area contributed by atoms with Crippen LogP contribution >= 0.6 is 0 Å². The Labute approximate surface area is 136 Å². The molecular formula is C11H12F9NO3S. The summed E-state index contributed by atoms with van der Waals surface area (Å²) in [6.45, 7) is 1.80. The lowest BCUT2D eigenvalue weighted by Gasteiger charge is -2.33. The van der Waals surface area contributed by atoms with E-state index < -0.39 is 45.7 Å². The molecule has 0 amide bonds. The molecule has 25 heavy (non-hydrogen) atoms. The van der Waals surface area contributed by atoms with Crippen molar-refractivity contribution in [2.45, 2.75) is 36.6 Å². The molecule has 0 saturated heterocycles. The minimum Gasteiger partial charge on any atom is -0.382 e. The first-order valence-corrected chi connectivity index (χ1v) is 7.97. The molecule has 0 bridgehead atoms. The monoisotopic (exact) mass is 409 g/mol. The van der Waals surface area contributed by atoms with E-state index in [1.165, 1.54) is 4.90 Å². The van der Waals surface area contributed by atoms with E-state index in [9.17, 15) is 47.9 Å². The summed E-state index contributed by atoms with van der Waals surface area (Å²) in [5, 5.41) is -6.84. The van der Waals surface area contributed by atoms with Gasteiger partial charge in [0.25, 0.3) is 0 Å². The van der Waals surface area contributed by atoms with Gasteiger partial charge in [0, 0.05) is 6.54 Å². The average molecular weight is 409 g/mol. The van der Waals surface area contributed by atoms with Gasteiger partial charge < -0.3 is 4.18 Å². The zero-order chi connectivity index (χ0) is 19.9. The third-order valence-corrected chi connectivity index (χ3v) is 4.61. The molecule has 0 spiro atoms. The highest BCUT2D eigenvalue weighted by molar-refractivity contribution is 7.88. The Balaban J connectivity index is 3.20. The van der Waals surface area contributed by atoms with Crippen LogP contribution in [0.4, 0.5) is 39.5 Å². The van der Waals surface area contributed by atoms with Crippen molar-refractivity contribution in [3.63, 3.8) is 0 Å². The molecule has 0 N–H and O–H groups in total. The summed E-state index contributed by atoms with van der Waals surface area (Å²) < 4.78 is 141. The highest BCUT2D eigenvalue weighted by Gasteiger charge is 2.86. The first-order chi connectivity index (χ1) is 11.0. The Hall–Kier alpha value is -1.18. The van der Waals surface area contributed by atoms with Crippen LogP contribution in [-0.2, 0) is 14.3 Å². The van der Waals surface area contributed by atoms with Gasteiger partial charge in [-0.25, -0.2) is 0 Å². The molecule has 0 atom stereocenters. The van der Waals surface area contributed by atoms with Gasteiger partial charge in [-0.05, 0) is 19.0 Å². The maximum absolute atomic E-state index is 13.5. The molecule has 1 aliphatic heterocycles. The highest BCUT2D eigenvalue weighted by atomic mass is 32.2. The third-order valence-electron chi connectivity index (χ3n) is 3.29. The van der Waals surface area contributed by atoms with Gasteiger partial charge in [0.05, 0.1) is 6.54 Å². The maximum Gasteiger partial charge on any atom is 0.460 e. The van der Waals surface area contributed by atoms with Crippen LogP contribution < -0.4 is 0 Å². The van der Waals surface area contributed by atoms with Crippen molar-refractivity contribution < 1.29 is 52.1 Å². The molecule has 0 fully saturated rings. The van der Waals surface area contributed by atoms with Crippen LogP contribution in [0.5, 0.6) is 0 Å². The molecule has 14 heteroatoms. The fraction of sp³-hybridized carbons (Fsp3) is 0.818. The van der Waals surface area contributed by atoms with Crippen LogP contribution in [0.3, 0.4) is 0 Å². The van der Waals surface area contributed by atoms with Gasteiger partial charge in [0.15, 0.2) is 0 Å². The van der Waals surface area contributed by atoms with Crippen LogP contribution in [0.25, 0.3) is 0 Å². The SMILES string of the molecule is CCN1CCC=C(OS(=O)(=O)C(F)(F)C(F)(F)C(F)(F)C(F)(F)F)C1. The van der Waals surface area contributed by atoms with Gasteiger partial charge in [-0.15, -0.1) is 0 Å². The highest BCUT2D eigenvalue weighted by Crippen LogP contribution is 2.55. The number of halogens is 9. The molecule has 0 radical (unpaired) electrons. The smallest absolute Gasteiger partial charge is 0.382 e. The second-order valence-corrected chi connectivity index (χ2v) is 6.62. The van der Waals surface area contributed by atoms with E-state index in [2.05, 4.69) is 4.18 Å². The van der Waals surface area contributed by atoms with Crippen LogP contribution in [0.2, 0.25) is 0 Å². The van der Waals surface area contributed by atoms with E-state index in [1.54, 1.807) is 6.92 Å². The minimum absolute atomic E-state index is 0.0688. The Morgan fingerprint density at radius 1 is 1.04 bits per heavy atom. The number of hydrogen-bond donors (Lipinski definition) is 0. The Morgan fingerprint density at radius 2 is 1.56 bits per heavy atom. The normalized spacial score (nSPS) is 18.9. The van der Waals surface area contributed by atoms with Crippen LogP contribution in [0.15, 0.2) is 11.8 Å². The van der Waals surface area contributed by atoms with Crippen LogP contribution in [0, 0.1) is 0 Å². The largest absolute Gasteiger partial charge is 0.460 e. The van der Waals surface area contributed by atoms with Crippen molar-refractivity contribution in [2.75, 3.05) is 19.6 Å². The summed E-state index contributed by atoms with van der Waals surface area (Å²) in [7, 11) is -6.85. The van der Waals surface area contributed by atoms with E-state index in [0.29, 0.717) is 13.1 Å². The van der Waals surface area contributed by atoms with Crippen molar-refractivity contribution in [1.82, 2.24) is 4.90 Å². The lowest BCUT2D eigenvalue weighted by atomic mass is 10.1. The fourth-order valence-electron chi connectivity index (χ4n) is 1.81. The van der Waals surface area contributed by atoms with Crippen molar-refractivity contribution >= 4 is 10.1 Å². The summed E-state index contributed by atoms with van der Waals surface area (Å²) in [4.78, 5) is 1.44. The quantitative estimate of drug-likeness (QED) is 0.499. The topological polar surface area (TPSA) is 46.6 Å². The molecule has 4 nitrogen and oxygen atoms in total. The van der Waals surface area contributed by atoms with Crippen LogP contribution in [-0.4, -0.2) is 56.2 Å². The Morgan fingerprint density at radius 3 is 2.00 bits per heavy atom. The second kappa shape index (κ2) is 6.52. The number of nitrogens with zero attached hydrogens (tertiary/aromatic N) is 1. The van der Waals surface area contributed by atoms with E-state index in [1.807, 2.05) is 0 Å². The van der Waals surface area contributed by atoms with E-state index in [-0.39, 0.29) is 6.42 Å². The van der Waals surface area contributed by atoms with Crippen LogP contribution in [0.1, 0.15) is 13.3 Å². The molecule has 0 aromatic rings. The minimum atomic E-state index is -7.31. The lowest BCUT2D eigenvalue weighted by molar-refractivity contribution is -0.382. The van der Waals surface area contributed by atoms with Gasteiger partial charge >= 0.3 is 33.4 Å². The number of likely N-dealkylation sites (N-methyl/N-ethyl adjacent to an activating group) is 1. The molecule has 1 rings (SSSR count). The first kappa shape index (κ1) is 21.9. The van der Waals surface area contributed by atoms with Gasteiger partial charge in [0.1, 0.15) is 5.76 Å². The average Bonchev–Trinajstić information content (AvgIpc) is 2.45. The molecule has 0 aromatic heterocycles. The molecular weight excluding hydrogens is 397 g/mol. The van der Waals surface area contributed by atoms with E-state index >= 15 is 0 Å². The van der Waals surface area contributed by atoms with Crippen molar-refractivity contribution in [3.8, 4) is 0 Å².